The van der Waals surface area contributed by atoms with Crippen molar-refractivity contribution in [2.45, 2.75) is 39.5 Å². The lowest BCUT2D eigenvalue weighted by Crippen LogP contribution is -2.13. The van der Waals surface area contributed by atoms with E-state index in [-0.39, 0.29) is 11.7 Å². The molecule has 0 aliphatic rings. The predicted molar refractivity (Wildman–Crippen MR) is 77.1 cm³/mol. The molecule has 0 radical (unpaired) electrons. The molecular formula is C14H22N2OS. The van der Waals surface area contributed by atoms with Gasteiger partial charge < -0.3 is 4.90 Å². The van der Waals surface area contributed by atoms with Gasteiger partial charge in [0.1, 0.15) is 0 Å². The molecule has 1 rings (SSSR count). The highest BCUT2D eigenvalue weighted by molar-refractivity contribution is 7.11. The highest BCUT2D eigenvalue weighted by Crippen LogP contribution is 2.28. The molecule has 0 amide bonds. The van der Waals surface area contributed by atoms with E-state index in [2.05, 4.69) is 11.9 Å². The number of hydrogen-bond acceptors (Lipinski definition) is 4. The van der Waals surface area contributed by atoms with Gasteiger partial charge in [0.25, 0.3) is 0 Å². The van der Waals surface area contributed by atoms with Crippen LogP contribution < -0.4 is 0 Å². The van der Waals surface area contributed by atoms with Crippen molar-refractivity contribution in [3.05, 3.63) is 27.9 Å². The average Bonchev–Trinajstić information content (AvgIpc) is 2.62. The molecule has 0 bridgehead atoms. The van der Waals surface area contributed by atoms with E-state index in [1.54, 1.807) is 23.6 Å². The number of carbonyl (C=O) groups is 1. The smallest absolute Gasteiger partial charge is 0.166 e. The van der Waals surface area contributed by atoms with E-state index in [0.717, 1.165) is 28.4 Å². The Morgan fingerprint density at radius 3 is 2.56 bits per heavy atom. The van der Waals surface area contributed by atoms with Crippen molar-refractivity contribution in [3.63, 3.8) is 0 Å². The Bertz CT molecular complexity index is 435. The van der Waals surface area contributed by atoms with Crippen molar-refractivity contribution in [1.82, 2.24) is 9.88 Å². The summed E-state index contributed by atoms with van der Waals surface area (Å²) in [4.78, 5) is 19.8. The van der Waals surface area contributed by atoms with Crippen molar-refractivity contribution in [3.8, 4) is 0 Å². The van der Waals surface area contributed by atoms with Crippen molar-refractivity contribution in [2.75, 3.05) is 14.1 Å². The first-order valence-electron chi connectivity index (χ1n) is 6.28. The second-order valence-electron chi connectivity index (χ2n) is 4.70. The van der Waals surface area contributed by atoms with E-state index in [0.29, 0.717) is 0 Å². The van der Waals surface area contributed by atoms with Gasteiger partial charge in [-0.1, -0.05) is 13.3 Å². The van der Waals surface area contributed by atoms with Crippen molar-refractivity contribution < 1.29 is 4.79 Å². The lowest BCUT2D eigenvalue weighted by atomic mass is 9.94. The molecule has 0 aliphatic heterocycles. The van der Waals surface area contributed by atoms with Gasteiger partial charge in [-0.25, -0.2) is 4.98 Å². The Hall–Kier alpha value is -1.16. The lowest BCUT2D eigenvalue weighted by molar-refractivity contribution is -0.116. The molecule has 1 atom stereocenters. The van der Waals surface area contributed by atoms with Crippen LogP contribution in [0.4, 0.5) is 0 Å². The molecule has 1 unspecified atom stereocenters. The summed E-state index contributed by atoms with van der Waals surface area (Å²) in [6.07, 6.45) is 5.32. The predicted octanol–water partition coefficient (Wildman–Crippen LogP) is 3.29. The highest BCUT2D eigenvalue weighted by atomic mass is 32.1. The number of ketones is 1. The van der Waals surface area contributed by atoms with Crippen LogP contribution in [0.2, 0.25) is 0 Å². The van der Waals surface area contributed by atoms with E-state index in [1.807, 2.05) is 32.8 Å². The molecule has 0 saturated heterocycles. The van der Waals surface area contributed by atoms with E-state index in [4.69, 9.17) is 0 Å². The van der Waals surface area contributed by atoms with Gasteiger partial charge in [-0.15, -0.1) is 11.3 Å². The number of hydrogen-bond donors (Lipinski definition) is 0. The minimum Gasteiger partial charge on any atom is -0.383 e. The number of carbonyl (C=O) groups excluding carboxylic acids is 1. The Labute approximate surface area is 114 Å². The molecule has 1 aromatic rings. The number of aryl methyl sites for hydroxylation is 2. The molecule has 1 aromatic heterocycles. The first kappa shape index (κ1) is 14.9. The van der Waals surface area contributed by atoms with Gasteiger partial charge in [-0.2, -0.15) is 0 Å². The summed E-state index contributed by atoms with van der Waals surface area (Å²) in [5.74, 6) is 0.0649. The standard InChI is InChI=1S/C14H22N2OS/c1-6-7-12(13(17)8-9-16(4)5)14-10(2)18-11(3)15-14/h8-9,12H,6-7H2,1-5H3/b9-8+. The van der Waals surface area contributed by atoms with Gasteiger partial charge in [0, 0.05) is 25.2 Å². The van der Waals surface area contributed by atoms with Crippen LogP contribution in [-0.2, 0) is 4.79 Å². The number of thiazole rings is 1. The van der Waals surface area contributed by atoms with Gasteiger partial charge >= 0.3 is 0 Å². The topological polar surface area (TPSA) is 33.2 Å². The van der Waals surface area contributed by atoms with E-state index >= 15 is 0 Å². The van der Waals surface area contributed by atoms with Crippen LogP contribution >= 0.6 is 11.3 Å². The molecule has 0 saturated carbocycles. The fourth-order valence-electron chi connectivity index (χ4n) is 1.91. The zero-order chi connectivity index (χ0) is 13.7. The largest absolute Gasteiger partial charge is 0.383 e. The molecular weight excluding hydrogens is 244 g/mol. The van der Waals surface area contributed by atoms with Gasteiger partial charge in [-0.05, 0) is 26.3 Å². The van der Waals surface area contributed by atoms with Crippen LogP contribution in [0.1, 0.15) is 41.3 Å². The summed E-state index contributed by atoms with van der Waals surface area (Å²) < 4.78 is 0. The van der Waals surface area contributed by atoms with Gasteiger partial charge in [0.2, 0.25) is 0 Å². The zero-order valence-electron chi connectivity index (χ0n) is 11.9. The zero-order valence-corrected chi connectivity index (χ0v) is 12.7. The van der Waals surface area contributed by atoms with Crippen molar-refractivity contribution >= 4 is 17.1 Å². The number of rotatable bonds is 6. The summed E-state index contributed by atoms with van der Waals surface area (Å²) in [5.41, 5.74) is 0.966. The Morgan fingerprint density at radius 1 is 1.44 bits per heavy atom. The molecule has 0 aromatic carbocycles. The quantitative estimate of drug-likeness (QED) is 0.741. The molecule has 4 heteroatoms. The third-order valence-electron chi connectivity index (χ3n) is 2.73. The molecule has 0 N–H and O–H groups in total. The second-order valence-corrected chi connectivity index (χ2v) is 6.10. The maximum absolute atomic E-state index is 12.3. The van der Waals surface area contributed by atoms with Gasteiger partial charge in [0.15, 0.2) is 5.78 Å². The minimum absolute atomic E-state index is 0.0869. The van der Waals surface area contributed by atoms with Crippen molar-refractivity contribution in [2.24, 2.45) is 0 Å². The minimum atomic E-state index is -0.0869. The van der Waals surface area contributed by atoms with Crippen LogP contribution in [0.5, 0.6) is 0 Å². The van der Waals surface area contributed by atoms with E-state index in [1.165, 1.54) is 0 Å². The molecule has 100 valence electrons. The molecule has 0 fully saturated rings. The third-order valence-corrected chi connectivity index (χ3v) is 3.63. The number of nitrogens with zero attached hydrogens (tertiary/aromatic N) is 2. The van der Waals surface area contributed by atoms with Crippen molar-refractivity contribution in [1.29, 1.82) is 0 Å². The fraction of sp³-hybridized carbons (Fsp3) is 0.571. The SMILES string of the molecule is CCCC(C(=O)/C=C/N(C)C)c1nc(C)sc1C. The summed E-state index contributed by atoms with van der Waals surface area (Å²) in [7, 11) is 3.83. The summed E-state index contributed by atoms with van der Waals surface area (Å²) in [6.45, 7) is 6.14. The fourth-order valence-corrected chi connectivity index (χ4v) is 2.79. The monoisotopic (exact) mass is 266 g/mol. The summed E-state index contributed by atoms with van der Waals surface area (Å²) in [5, 5.41) is 1.04. The maximum Gasteiger partial charge on any atom is 0.166 e. The van der Waals surface area contributed by atoms with Crippen LogP contribution in [0.3, 0.4) is 0 Å². The van der Waals surface area contributed by atoms with Crippen LogP contribution in [0.15, 0.2) is 12.3 Å². The molecule has 0 spiro atoms. The summed E-state index contributed by atoms with van der Waals surface area (Å²) >= 11 is 1.67. The van der Waals surface area contributed by atoms with E-state index < -0.39 is 0 Å². The Balaban J connectivity index is 2.95. The average molecular weight is 266 g/mol. The molecule has 1 heterocycles. The first-order valence-corrected chi connectivity index (χ1v) is 7.09. The van der Waals surface area contributed by atoms with Gasteiger partial charge in [0.05, 0.1) is 16.6 Å². The van der Waals surface area contributed by atoms with Crippen LogP contribution in [-0.4, -0.2) is 29.8 Å². The number of aromatic nitrogens is 1. The Morgan fingerprint density at radius 2 is 2.11 bits per heavy atom. The maximum atomic E-state index is 12.3. The summed E-state index contributed by atoms with van der Waals surface area (Å²) in [6, 6.07) is 0. The van der Waals surface area contributed by atoms with Gasteiger partial charge in [-0.3, -0.25) is 4.79 Å². The second kappa shape index (κ2) is 6.69. The normalized spacial score (nSPS) is 12.9. The molecule has 18 heavy (non-hydrogen) atoms. The molecule has 0 aliphatic carbocycles. The van der Waals surface area contributed by atoms with Crippen LogP contribution in [0.25, 0.3) is 0 Å². The number of allylic oxidation sites excluding steroid dienone is 1. The van der Waals surface area contributed by atoms with Crippen LogP contribution in [0, 0.1) is 13.8 Å². The highest BCUT2D eigenvalue weighted by Gasteiger charge is 2.22. The molecule has 3 nitrogen and oxygen atoms in total. The van der Waals surface area contributed by atoms with E-state index in [9.17, 15) is 4.79 Å². The third kappa shape index (κ3) is 3.95. The lowest BCUT2D eigenvalue weighted by Gasteiger charge is -2.12. The Kier molecular flexibility index (Phi) is 5.54. The first-order chi connectivity index (χ1) is 8.45.